The number of rotatable bonds is 4. The minimum absolute atomic E-state index is 0.00493. The van der Waals surface area contributed by atoms with Crippen molar-refractivity contribution in [2.24, 2.45) is 0 Å². The maximum Gasteiger partial charge on any atom is 0.356 e. The quantitative estimate of drug-likeness (QED) is 0.365. The lowest BCUT2D eigenvalue weighted by atomic mass is 10.1. The van der Waals surface area contributed by atoms with E-state index in [1.807, 2.05) is 0 Å². The Labute approximate surface area is 130 Å². The average Bonchev–Trinajstić information content (AvgIpc) is 2.76. The van der Waals surface area contributed by atoms with Gasteiger partial charge in [-0.15, -0.1) is 11.8 Å². The molecule has 0 N–H and O–H groups in total. The minimum atomic E-state index is -0.543. The van der Waals surface area contributed by atoms with Crippen molar-refractivity contribution in [3.05, 3.63) is 50.5 Å². The molecule has 0 aromatic heterocycles. The number of thioether (sulfide) groups is 1. The molecule has 1 atom stereocenters. The SMILES string of the molecule is CC1=C(C(=O)OCc2ccc([N+](=O)[O-])cc2)N2C(=O)C[C@@H]2S1. The first-order valence-corrected chi connectivity index (χ1v) is 7.45. The molecular formula is C14H12N2O5S. The molecule has 0 bridgehead atoms. The lowest BCUT2D eigenvalue weighted by Crippen LogP contribution is -2.48. The van der Waals surface area contributed by atoms with Crippen LogP contribution in [-0.4, -0.2) is 27.1 Å². The maximum absolute atomic E-state index is 12.1. The van der Waals surface area contributed by atoms with Crippen molar-refractivity contribution < 1.29 is 19.2 Å². The van der Waals surface area contributed by atoms with Crippen molar-refractivity contribution in [2.45, 2.75) is 25.3 Å². The summed E-state index contributed by atoms with van der Waals surface area (Å²) in [5.41, 5.74) is 0.942. The molecule has 2 aliphatic heterocycles. The van der Waals surface area contributed by atoms with Crippen molar-refractivity contribution in [2.75, 3.05) is 0 Å². The van der Waals surface area contributed by atoms with Crippen LogP contribution < -0.4 is 0 Å². The minimum Gasteiger partial charge on any atom is -0.456 e. The number of carbonyl (C=O) groups excluding carboxylic acids is 2. The molecule has 0 saturated carbocycles. The van der Waals surface area contributed by atoms with Crippen LogP contribution in [0, 0.1) is 10.1 Å². The summed E-state index contributed by atoms with van der Waals surface area (Å²) in [6.07, 6.45) is 0.446. The van der Waals surface area contributed by atoms with Crippen LogP contribution in [0.2, 0.25) is 0 Å². The number of nitro groups is 1. The number of allylic oxidation sites excluding steroid dienone is 1. The fourth-order valence-electron chi connectivity index (χ4n) is 2.35. The first kappa shape index (κ1) is 14.6. The summed E-state index contributed by atoms with van der Waals surface area (Å²) in [4.78, 5) is 36.0. The van der Waals surface area contributed by atoms with Gasteiger partial charge in [0.2, 0.25) is 5.91 Å². The molecule has 1 saturated heterocycles. The molecule has 1 amide bonds. The molecule has 0 unspecified atom stereocenters. The normalized spacial score (nSPS) is 19.8. The van der Waals surface area contributed by atoms with Crippen LogP contribution >= 0.6 is 11.8 Å². The number of esters is 1. The number of amides is 1. The van der Waals surface area contributed by atoms with Crippen LogP contribution in [-0.2, 0) is 20.9 Å². The molecule has 8 heteroatoms. The van der Waals surface area contributed by atoms with E-state index in [0.29, 0.717) is 17.7 Å². The molecule has 2 aliphatic rings. The number of β-lactam (4-membered cyclic amide) rings is 1. The third-order valence-electron chi connectivity index (χ3n) is 3.50. The van der Waals surface area contributed by atoms with Gasteiger partial charge in [0.15, 0.2) is 0 Å². The molecule has 1 fully saturated rings. The number of fused-ring (bicyclic) bond motifs is 1. The molecule has 114 valence electrons. The third kappa shape index (κ3) is 2.45. The van der Waals surface area contributed by atoms with Crippen molar-refractivity contribution in [1.29, 1.82) is 0 Å². The van der Waals surface area contributed by atoms with E-state index in [2.05, 4.69) is 0 Å². The number of nitro benzene ring substituents is 1. The number of ether oxygens (including phenoxy) is 1. The summed E-state index contributed by atoms with van der Waals surface area (Å²) in [7, 11) is 0. The molecule has 22 heavy (non-hydrogen) atoms. The smallest absolute Gasteiger partial charge is 0.356 e. The average molecular weight is 320 g/mol. The molecule has 1 aromatic rings. The van der Waals surface area contributed by atoms with E-state index >= 15 is 0 Å². The Morgan fingerprint density at radius 3 is 2.73 bits per heavy atom. The van der Waals surface area contributed by atoms with E-state index < -0.39 is 10.9 Å². The highest BCUT2D eigenvalue weighted by atomic mass is 32.2. The fourth-order valence-corrected chi connectivity index (χ4v) is 3.61. The van der Waals surface area contributed by atoms with Crippen LogP contribution in [0.15, 0.2) is 34.9 Å². The predicted molar refractivity (Wildman–Crippen MR) is 78.4 cm³/mol. The molecule has 0 aliphatic carbocycles. The van der Waals surface area contributed by atoms with Gasteiger partial charge in [-0.1, -0.05) is 0 Å². The number of hydrogen-bond acceptors (Lipinski definition) is 6. The molecule has 2 heterocycles. The second-order valence-corrected chi connectivity index (χ2v) is 6.34. The number of benzene rings is 1. The van der Waals surface area contributed by atoms with Gasteiger partial charge in [0.1, 0.15) is 12.3 Å². The van der Waals surface area contributed by atoms with Gasteiger partial charge in [-0.25, -0.2) is 4.79 Å². The Morgan fingerprint density at radius 2 is 2.14 bits per heavy atom. The van der Waals surface area contributed by atoms with Crippen LogP contribution in [0.25, 0.3) is 0 Å². The van der Waals surface area contributed by atoms with Crippen molar-refractivity contribution >= 4 is 29.3 Å². The molecule has 7 nitrogen and oxygen atoms in total. The Bertz CT molecular complexity index is 698. The Balaban J connectivity index is 1.64. The van der Waals surface area contributed by atoms with Crippen molar-refractivity contribution in [1.82, 2.24) is 4.90 Å². The molecule has 3 rings (SSSR count). The lowest BCUT2D eigenvalue weighted by molar-refractivity contribution is -0.384. The van der Waals surface area contributed by atoms with Gasteiger partial charge in [-0.2, -0.15) is 0 Å². The highest BCUT2D eigenvalue weighted by Crippen LogP contribution is 2.45. The first-order chi connectivity index (χ1) is 10.5. The summed E-state index contributed by atoms with van der Waals surface area (Å²) in [5.74, 6) is -0.615. The Hall–Kier alpha value is -2.35. The summed E-state index contributed by atoms with van der Waals surface area (Å²) in [5, 5.41) is 10.6. The van der Waals surface area contributed by atoms with Crippen LogP contribution in [0.4, 0.5) is 5.69 Å². The van der Waals surface area contributed by atoms with E-state index in [1.165, 1.54) is 40.9 Å². The van der Waals surface area contributed by atoms with Gasteiger partial charge in [0.05, 0.1) is 16.7 Å². The van der Waals surface area contributed by atoms with Gasteiger partial charge in [0, 0.05) is 17.0 Å². The Morgan fingerprint density at radius 1 is 1.45 bits per heavy atom. The zero-order valence-electron chi connectivity index (χ0n) is 11.6. The van der Waals surface area contributed by atoms with Gasteiger partial charge in [0.25, 0.3) is 5.69 Å². The second-order valence-electron chi connectivity index (χ2n) is 4.94. The number of nitrogens with zero attached hydrogens (tertiary/aromatic N) is 2. The second kappa shape index (κ2) is 5.45. The van der Waals surface area contributed by atoms with E-state index in [9.17, 15) is 19.7 Å². The van der Waals surface area contributed by atoms with Gasteiger partial charge in [-0.3, -0.25) is 19.8 Å². The van der Waals surface area contributed by atoms with Gasteiger partial charge < -0.3 is 4.74 Å². The highest BCUT2D eigenvalue weighted by molar-refractivity contribution is 8.04. The molecule has 1 aromatic carbocycles. The Kier molecular flexibility index (Phi) is 3.61. The molecular weight excluding hydrogens is 308 g/mol. The summed E-state index contributed by atoms with van der Waals surface area (Å²) >= 11 is 1.49. The van der Waals surface area contributed by atoms with Crippen molar-refractivity contribution in [3.8, 4) is 0 Å². The fraction of sp³-hybridized carbons (Fsp3) is 0.286. The standard InChI is InChI=1S/C14H12N2O5S/c1-8-13(15-11(17)6-12(15)22-8)14(18)21-7-9-2-4-10(5-3-9)16(19)20/h2-5,12H,6-7H2,1H3/t12-/m0/s1. The van der Waals surface area contributed by atoms with Crippen molar-refractivity contribution in [3.63, 3.8) is 0 Å². The molecule has 0 spiro atoms. The van der Waals surface area contributed by atoms with E-state index in [1.54, 1.807) is 6.92 Å². The monoisotopic (exact) mass is 320 g/mol. The number of non-ortho nitro benzene ring substituents is 1. The van der Waals surface area contributed by atoms with E-state index in [-0.39, 0.29) is 23.6 Å². The molecule has 0 radical (unpaired) electrons. The third-order valence-corrected chi connectivity index (χ3v) is 4.70. The highest BCUT2D eigenvalue weighted by Gasteiger charge is 2.47. The first-order valence-electron chi connectivity index (χ1n) is 6.57. The zero-order chi connectivity index (χ0) is 15.9. The van der Waals surface area contributed by atoms with Gasteiger partial charge in [-0.05, 0) is 24.6 Å². The van der Waals surface area contributed by atoms with Crippen LogP contribution in [0.1, 0.15) is 18.9 Å². The maximum atomic E-state index is 12.1. The summed E-state index contributed by atoms with van der Waals surface area (Å²) < 4.78 is 5.21. The van der Waals surface area contributed by atoms with E-state index in [4.69, 9.17) is 4.74 Å². The number of hydrogen-bond donors (Lipinski definition) is 0. The van der Waals surface area contributed by atoms with Gasteiger partial charge >= 0.3 is 5.97 Å². The van der Waals surface area contributed by atoms with Crippen LogP contribution in [0.3, 0.4) is 0 Å². The summed E-state index contributed by atoms with van der Waals surface area (Å²) in [6, 6.07) is 5.78. The lowest BCUT2D eigenvalue weighted by Gasteiger charge is -2.34. The summed E-state index contributed by atoms with van der Waals surface area (Å²) in [6.45, 7) is 1.80. The van der Waals surface area contributed by atoms with E-state index in [0.717, 1.165) is 4.91 Å². The number of carbonyl (C=O) groups is 2. The van der Waals surface area contributed by atoms with Crippen LogP contribution in [0.5, 0.6) is 0 Å². The predicted octanol–water partition coefficient (Wildman–Crippen LogP) is 2.17. The zero-order valence-corrected chi connectivity index (χ0v) is 12.5. The largest absolute Gasteiger partial charge is 0.456 e. The topological polar surface area (TPSA) is 89.8 Å².